The van der Waals surface area contributed by atoms with Crippen LogP contribution in [0.25, 0.3) is 0 Å². The lowest BCUT2D eigenvalue weighted by Gasteiger charge is -1.98. The maximum absolute atomic E-state index is 10.5. The number of carbonyl (C=O) groups is 1. The Kier molecular flexibility index (Phi) is 3.76. The standard InChI is InChI=1S/C7H12O2/c1-4-6(2)5-7(8)9-3/h2,4-5H2,1,3H3. The highest BCUT2D eigenvalue weighted by atomic mass is 16.5. The third-order valence-corrected chi connectivity index (χ3v) is 1.12. The first-order valence-corrected chi connectivity index (χ1v) is 2.94. The molecule has 0 unspecified atom stereocenters. The van der Waals surface area contributed by atoms with Crippen LogP contribution in [0.1, 0.15) is 19.8 Å². The second-order valence-corrected chi connectivity index (χ2v) is 1.86. The number of rotatable bonds is 3. The van der Waals surface area contributed by atoms with E-state index in [0.717, 1.165) is 12.0 Å². The Hall–Kier alpha value is -0.790. The molecule has 0 saturated heterocycles. The number of hydrogen-bond donors (Lipinski definition) is 0. The van der Waals surface area contributed by atoms with E-state index in [4.69, 9.17) is 0 Å². The van der Waals surface area contributed by atoms with Crippen molar-refractivity contribution in [3.8, 4) is 0 Å². The van der Waals surface area contributed by atoms with Crippen LogP contribution in [0.4, 0.5) is 0 Å². The van der Waals surface area contributed by atoms with E-state index in [9.17, 15) is 4.79 Å². The van der Waals surface area contributed by atoms with Crippen molar-refractivity contribution in [2.24, 2.45) is 0 Å². The lowest BCUT2D eigenvalue weighted by atomic mass is 10.2. The summed E-state index contributed by atoms with van der Waals surface area (Å²) in [5.41, 5.74) is 0.918. The Morgan fingerprint density at radius 3 is 2.56 bits per heavy atom. The minimum Gasteiger partial charge on any atom is -0.469 e. The van der Waals surface area contributed by atoms with Gasteiger partial charge in [0.25, 0.3) is 0 Å². The van der Waals surface area contributed by atoms with Gasteiger partial charge >= 0.3 is 5.97 Å². The van der Waals surface area contributed by atoms with Gasteiger partial charge in [0.15, 0.2) is 0 Å². The molecular weight excluding hydrogens is 116 g/mol. The summed E-state index contributed by atoms with van der Waals surface area (Å²) >= 11 is 0. The molecule has 0 aromatic carbocycles. The average molecular weight is 128 g/mol. The summed E-state index contributed by atoms with van der Waals surface area (Å²) in [6.45, 7) is 5.62. The van der Waals surface area contributed by atoms with Gasteiger partial charge in [0.05, 0.1) is 13.5 Å². The molecule has 0 rings (SSSR count). The van der Waals surface area contributed by atoms with E-state index in [1.165, 1.54) is 7.11 Å². The normalized spacial score (nSPS) is 8.67. The summed E-state index contributed by atoms with van der Waals surface area (Å²) in [5, 5.41) is 0. The van der Waals surface area contributed by atoms with Crippen LogP contribution in [0.2, 0.25) is 0 Å². The second kappa shape index (κ2) is 4.13. The van der Waals surface area contributed by atoms with Crippen molar-refractivity contribution in [2.75, 3.05) is 7.11 Å². The topological polar surface area (TPSA) is 26.3 Å². The van der Waals surface area contributed by atoms with Gasteiger partial charge in [-0.2, -0.15) is 0 Å². The number of esters is 1. The van der Waals surface area contributed by atoms with Crippen molar-refractivity contribution in [3.63, 3.8) is 0 Å². The van der Waals surface area contributed by atoms with Crippen molar-refractivity contribution in [1.29, 1.82) is 0 Å². The highest BCUT2D eigenvalue weighted by molar-refractivity contribution is 5.71. The van der Waals surface area contributed by atoms with Gasteiger partial charge in [-0.15, -0.1) is 0 Å². The maximum atomic E-state index is 10.5. The van der Waals surface area contributed by atoms with Crippen LogP contribution in [0.15, 0.2) is 12.2 Å². The van der Waals surface area contributed by atoms with Gasteiger partial charge in [0.2, 0.25) is 0 Å². The molecule has 0 N–H and O–H groups in total. The van der Waals surface area contributed by atoms with E-state index in [0.29, 0.717) is 6.42 Å². The molecular formula is C7H12O2. The zero-order chi connectivity index (χ0) is 7.28. The first kappa shape index (κ1) is 8.21. The fraction of sp³-hybridized carbons (Fsp3) is 0.571. The molecule has 0 aliphatic carbocycles. The lowest BCUT2D eigenvalue weighted by molar-refractivity contribution is -0.139. The molecule has 0 spiro atoms. The van der Waals surface area contributed by atoms with E-state index < -0.39 is 0 Å². The number of methoxy groups -OCH3 is 1. The van der Waals surface area contributed by atoms with Gasteiger partial charge < -0.3 is 4.74 Å². The van der Waals surface area contributed by atoms with Gasteiger partial charge in [-0.05, 0) is 6.42 Å². The van der Waals surface area contributed by atoms with Gasteiger partial charge in [-0.25, -0.2) is 0 Å². The van der Waals surface area contributed by atoms with Crippen LogP contribution < -0.4 is 0 Å². The Morgan fingerprint density at radius 2 is 2.22 bits per heavy atom. The van der Waals surface area contributed by atoms with E-state index in [-0.39, 0.29) is 5.97 Å². The van der Waals surface area contributed by atoms with Gasteiger partial charge in [0.1, 0.15) is 0 Å². The molecule has 0 aromatic rings. The molecule has 0 atom stereocenters. The Labute approximate surface area is 55.5 Å². The summed E-state index contributed by atoms with van der Waals surface area (Å²) in [4.78, 5) is 10.5. The third kappa shape index (κ3) is 3.76. The quantitative estimate of drug-likeness (QED) is 0.425. The summed E-state index contributed by atoms with van der Waals surface area (Å²) in [6, 6.07) is 0. The van der Waals surface area contributed by atoms with E-state index in [1.54, 1.807) is 0 Å². The summed E-state index contributed by atoms with van der Waals surface area (Å²) in [7, 11) is 1.38. The first-order valence-electron chi connectivity index (χ1n) is 2.94. The van der Waals surface area contributed by atoms with Crippen molar-refractivity contribution < 1.29 is 9.53 Å². The average Bonchev–Trinajstić information content (AvgIpc) is 1.87. The minimum absolute atomic E-state index is 0.207. The molecule has 0 aliphatic heterocycles. The molecule has 2 heteroatoms. The molecule has 52 valence electrons. The molecule has 0 amide bonds. The monoisotopic (exact) mass is 128 g/mol. The fourth-order valence-corrected chi connectivity index (χ4v) is 0.401. The van der Waals surface area contributed by atoms with Crippen molar-refractivity contribution >= 4 is 5.97 Å². The van der Waals surface area contributed by atoms with Crippen LogP contribution in [0.3, 0.4) is 0 Å². The molecule has 0 saturated carbocycles. The van der Waals surface area contributed by atoms with Crippen molar-refractivity contribution in [1.82, 2.24) is 0 Å². The summed E-state index contributed by atoms with van der Waals surface area (Å²) in [5.74, 6) is -0.207. The summed E-state index contributed by atoms with van der Waals surface area (Å²) < 4.78 is 4.42. The first-order chi connectivity index (χ1) is 4.20. The molecule has 0 aromatic heterocycles. The van der Waals surface area contributed by atoms with Crippen molar-refractivity contribution in [3.05, 3.63) is 12.2 Å². The predicted octanol–water partition coefficient (Wildman–Crippen LogP) is 1.52. The highest BCUT2D eigenvalue weighted by Gasteiger charge is 1.99. The van der Waals surface area contributed by atoms with Crippen molar-refractivity contribution in [2.45, 2.75) is 19.8 Å². The summed E-state index contributed by atoms with van der Waals surface area (Å²) in [6.07, 6.45) is 1.20. The highest BCUT2D eigenvalue weighted by Crippen LogP contribution is 2.02. The zero-order valence-electron chi connectivity index (χ0n) is 5.94. The SMILES string of the molecule is C=C(CC)CC(=O)OC. The second-order valence-electron chi connectivity index (χ2n) is 1.86. The largest absolute Gasteiger partial charge is 0.469 e. The van der Waals surface area contributed by atoms with Gasteiger partial charge in [-0.1, -0.05) is 19.1 Å². The van der Waals surface area contributed by atoms with Gasteiger partial charge in [-0.3, -0.25) is 4.79 Å². The molecule has 0 fully saturated rings. The Morgan fingerprint density at radius 1 is 1.67 bits per heavy atom. The zero-order valence-corrected chi connectivity index (χ0v) is 5.94. The van der Waals surface area contributed by atoms with E-state index in [1.807, 2.05) is 6.92 Å². The van der Waals surface area contributed by atoms with Crippen LogP contribution in [-0.4, -0.2) is 13.1 Å². The van der Waals surface area contributed by atoms with Gasteiger partial charge in [0, 0.05) is 0 Å². The molecule has 9 heavy (non-hydrogen) atoms. The number of ether oxygens (including phenoxy) is 1. The molecule has 0 heterocycles. The van der Waals surface area contributed by atoms with Crippen LogP contribution in [0.5, 0.6) is 0 Å². The number of hydrogen-bond acceptors (Lipinski definition) is 2. The Balaban J connectivity index is 3.47. The predicted molar refractivity (Wildman–Crippen MR) is 36.1 cm³/mol. The van der Waals surface area contributed by atoms with Crippen LogP contribution in [-0.2, 0) is 9.53 Å². The van der Waals surface area contributed by atoms with Crippen LogP contribution >= 0.6 is 0 Å². The minimum atomic E-state index is -0.207. The maximum Gasteiger partial charge on any atom is 0.309 e. The van der Waals surface area contributed by atoms with E-state index in [2.05, 4.69) is 11.3 Å². The third-order valence-electron chi connectivity index (χ3n) is 1.12. The number of carbonyl (C=O) groups excluding carboxylic acids is 1. The smallest absolute Gasteiger partial charge is 0.309 e. The fourth-order valence-electron chi connectivity index (χ4n) is 0.401. The Bertz CT molecular complexity index is 102. The molecule has 2 nitrogen and oxygen atoms in total. The molecule has 0 aliphatic rings. The van der Waals surface area contributed by atoms with E-state index >= 15 is 0 Å². The molecule has 0 bridgehead atoms. The lowest BCUT2D eigenvalue weighted by Crippen LogP contribution is -2.00. The molecule has 0 radical (unpaired) electrons. The van der Waals surface area contributed by atoms with Crippen LogP contribution in [0, 0.1) is 0 Å².